The number of benzene rings is 1. The van der Waals surface area contributed by atoms with E-state index < -0.39 is 0 Å². The second-order valence-electron chi connectivity index (χ2n) is 6.35. The maximum atomic E-state index is 12.9. The SMILES string of the molecule is CSc1ncc(C(=O)NCc2ccnc(-n3ccnc3C)c2)n1-c1ccccc1. The Morgan fingerprint density at radius 1 is 1.10 bits per heavy atom. The highest BCUT2D eigenvalue weighted by Gasteiger charge is 2.17. The van der Waals surface area contributed by atoms with E-state index in [4.69, 9.17) is 0 Å². The first-order chi connectivity index (χ1) is 14.2. The molecule has 0 spiro atoms. The molecule has 8 heteroatoms. The van der Waals surface area contributed by atoms with Gasteiger partial charge in [0.25, 0.3) is 5.91 Å². The Kier molecular flexibility index (Phi) is 5.44. The van der Waals surface area contributed by atoms with Gasteiger partial charge < -0.3 is 5.32 Å². The Morgan fingerprint density at radius 2 is 1.93 bits per heavy atom. The van der Waals surface area contributed by atoms with Crippen molar-refractivity contribution in [1.29, 1.82) is 0 Å². The number of aromatic nitrogens is 5. The van der Waals surface area contributed by atoms with Crippen LogP contribution >= 0.6 is 11.8 Å². The minimum Gasteiger partial charge on any atom is -0.347 e. The van der Waals surface area contributed by atoms with Crippen molar-refractivity contribution in [2.45, 2.75) is 18.6 Å². The van der Waals surface area contributed by atoms with Crippen LogP contribution in [0.2, 0.25) is 0 Å². The van der Waals surface area contributed by atoms with Crippen LogP contribution in [-0.2, 0) is 6.54 Å². The Hall–Kier alpha value is -3.39. The molecule has 0 bridgehead atoms. The van der Waals surface area contributed by atoms with Gasteiger partial charge in [0.15, 0.2) is 5.16 Å². The van der Waals surface area contributed by atoms with Gasteiger partial charge in [-0.3, -0.25) is 13.9 Å². The zero-order chi connectivity index (χ0) is 20.2. The van der Waals surface area contributed by atoms with Crippen LogP contribution in [0, 0.1) is 6.92 Å². The summed E-state index contributed by atoms with van der Waals surface area (Å²) in [5.74, 6) is 1.44. The third kappa shape index (κ3) is 3.93. The van der Waals surface area contributed by atoms with Crippen LogP contribution in [0.5, 0.6) is 0 Å². The van der Waals surface area contributed by atoms with E-state index in [0.29, 0.717) is 12.2 Å². The minimum absolute atomic E-state index is 0.182. The molecular formula is C21H20N6OS. The predicted molar refractivity (Wildman–Crippen MR) is 113 cm³/mol. The average molecular weight is 404 g/mol. The molecule has 0 radical (unpaired) electrons. The van der Waals surface area contributed by atoms with Crippen LogP contribution in [0.3, 0.4) is 0 Å². The quantitative estimate of drug-likeness (QED) is 0.498. The second-order valence-corrected chi connectivity index (χ2v) is 7.12. The molecular weight excluding hydrogens is 384 g/mol. The third-order valence-electron chi connectivity index (χ3n) is 4.49. The van der Waals surface area contributed by atoms with Crippen molar-refractivity contribution in [2.24, 2.45) is 0 Å². The van der Waals surface area contributed by atoms with Gasteiger partial charge in [-0.15, -0.1) is 0 Å². The van der Waals surface area contributed by atoms with Crippen molar-refractivity contribution >= 4 is 17.7 Å². The van der Waals surface area contributed by atoms with Crippen LogP contribution in [0.1, 0.15) is 21.9 Å². The first kappa shape index (κ1) is 18.9. The molecule has 0 fully saturated rings. The average Bonchev–Trinajstić information content (AvgIpc) is 3.39. The lowest BCUT2D eigenvalue weighted by molar-refractivity contribution is 0.0943. The normalized spacial score (nSPS) is 10.8. The molecule has 1 N–H and O–H groups in total. The molecule has 3 heterocycles. The van der Waals surface area contributed by atoms with E-state index >= 15 is 0 Å². The fourth-order valence-corrected chi connectivity index (χ4v) is 3.61. The van der Waals surface area contributed by atoms with Gasteiger partial charge in [-0.2, -0.15) is 0 Å². The maximum Gasteiger partial charge on any atom is 0.270 e. The van der Waals surface area contributed by atoms with Crippen LogP contribution < -0.4 is 5.32 Å². The number of imidazole rings is 2. The highest BCUT2D eigenvalue weighted by Crippen LogP contribution is 2.21. The molecule has 4 aromatic rings. The van der Waals surface area contributed by atoms with Gasteiger partial charge in [-0.05, 0) is 43.0 Å². The summed E-state index contributed by atoms with van der Waals surface area (Å²) in [6, 6.07) is 13.6. The van der Waals surface area contributed by atoms with E-state index in [-0.39, 0.29) is 5.91 Å². The summed E-state index contributed by atoms with van der Waals surface area (Å²) in [6.45, 7) is 2.31. The van der Waals surface area contributed by atoms with Crippen LogP contribution in [0.25, 0.3) is 11.5 Å². The molecule has 7 nitrogen and oxygen atoms in total. The molecule has 146 valence electrons. The molecule has 3 aromatic heterocycles. The fourth-order valence-electron chi connectivity index (χ4n) is 3.06. The zero-order valence-electron chi connectivity index (χ0n) is 16.1. The van der Waals surface area contributed by atoms with E-state index in [1.54, 1.807) is 18.6 Å². The minimum atomic E-state index is -0.182. The molecule has 0 unspecified atom stereocenters. The summed E-state index contributed by atoms with van der Waals surface area (Å²) >= 11 is 1.50. The molecule has 1 amide bonds. The smallest absolute Gasteiger partial charge is 0.270 e. The summed E-state index contributed by atoms with van der Waals surface area (Å²) < 4.78 is 3.77. The number of carbonyl (C=O) groups excluding carboxylic acids is 1. The van der Waals surface area contributed by atoms with Crippen molar-refractivity contribution in [3.8, 4) is 11.5 Å². The molecule has 4 rings (SSSR count). The van der Waals surface area contributed by atoms with Crippen molar-refractivity contribution in [1.82, 2.24) is 29.4 Å². The summed E-state index contributed by atoms with van der Waals surface area (Å²) in [7, 11) is 0. The molecule has 0 aliphatic rings. The standard InChI is InChI=1S/C21H20N6OS/c1-15-22-10-11-26(15)19-12-16(8-9-23-19)13-24-20(28)18-14-25-21(29-2)27(18)17-6-4-3-5-7-17/h3-12,14H,13H2,1-2H3,(H,24,28). The predicted octanol–water partition coefficient (Wildman–Crippen LogP) is 3.41. The van der Waals surface area contributed by atoms with Crippen LogP contribution in [-0.4, -0.2) is 36.2 Å². The zero-order valence-corrected chi connectivity index (χ0v) is 16.9. The lowest BCUT2D eigenvalue weighted by atomic mass is 10.2. The highest BCUT2D eigenvalue weighted by atomic mass is 32.2. The lowest BCUT2D eigenvalue weighted by Gasteiger charge is -2.12. The van der Waals surface area contributed by atoms with Crippen molar-refractivity contribution in [3.05, 3.63) is 84.3 Å². The van der Waals surface area contributed by atoms with Gasteiger partial charge in [0.05, 0.1) is 6.20 Å². The Labute approximate surface area is 172 Å². The van der Waals surface area contributed by atoms with Gasteiger partial charge >= 0.3 is 0 Å². The highest BCUT2D eigenvalue weighted by molar-refractivity contribution is 7.98. The van der Waals surface area contributed by atoms with E-state index in [1.807, 2.05) is 71.0 Å². The number of nitrogens with one attached hydrogen (secondary N) is 1. The fraction of sp³-hybridized carbons (Fsp3) is 0.143. The number of rotatable bonds is 6. The first-order valence-corrected chi connectivity index (χ1v) is 10.3. The number of para-hydroxylation sites is 1. The van der Waals surface area contributed by atoms with E-state index in [2.05, 4.69) is 20.3 Å². The topological polar surface area (TPSA) is 77.6 Å². The van der Waals surface area contributed by atoms with Gasteiger partial charge in [0.2, 0.25) is 0 Å². The van der Waals surface area contributed by atoms with Gasteiger partial charge in [-0.25, -0.2) is 15.0 Å². The molecule has 0 saturated carbocycles. The largest absolute Gasteiger partial charge is 0.347 e. The molecule has 0 atom stereocenters. The third-order valence-corrected chi connectivity index (χ3v) is 5.15. The van der Waals surface area contributed by atoms with Crippen molar-refractivity contribution in [3.63, 3.8) is 0 Å². The number of amides is 1. The van der Waals surface area contributed by atoms with Crippen molar-refractivity contribution in [2.75, 3.05) is 6.26 Å². The number of nitrogens with zero attached hydrogens (tertiary/aromatic N) is 5. The van der Waals surface area contributed by atoms with Crippen molar-refractivity contribution < 1.29 is 4.79 Å². The number of aryl methyl sites for hydroxylation is 1. The molecule has 1 aromatic carbocycles. The molecule has 0 aliphatic heterocycles. The van der Waals surface area contributed by atoms with Gasteiger partial charge in [0.1, 0.15) is 17.3 Å². The van der Waals surface area contributed by atoms with E-state index in [0.717, 1.165) is 28.0 Å². The Bertz CT molecular complexity index is 1140. The maximum absolute atomic E-state index is 12.9. The number of pyridine rings is 1. The Morgan fingerprint density at radius 3 is 2.66 bits per heavy atom. The molecule has 0 aliphatic carbocycles. The summed E-state index contributed by atoms with van der Waals surface area (Å²) in [5.41, 5.74) is 2.36. The molecule has 0 saturated heterocycles. The second kappa shape index (κ2) is 8.32. The lowest BCUT2D eigenvalue weighted by Crippen LogP contribution is -2.25. The van der Waals surface area contributed by atoms with E-state index in [9.17, 15) is 4.79 Å². The van der Waals surface area contributed by atoms with Crippen LogP contribution in [0.4, 0.5) is 0 Å². The summed E-state index contributed by atoms with van der Waals surface area (Å²) in [6.07, 6.45) is 8.89. The summed E-state index contributed by atoms with van der Waals surface area (Å²) in [5, 5.41) is 3.76. The van der Waals surface area contributed by atoms with Crippen LogP contribution in [0.15, 0.2) is 72.4 Å². The van der Waals surface area contributed by atoms with E-state index in [1.165, 1.54) is 11.8 Å². The number of thioether (sulfide) groups is 1. The van der Waals surface area contributed by atoms with Gasteiger partial charge in [0, 0.05) is 30.8 Å². The summed E-state index contributed by atoms with van der Waals surface area (Å²) in [4.78, 5) is 25.9. The van der Waals surface area contributed by atoms with Gasteiger partial charge in [-0.1, -0.05) is 30.0 Å². The monoisotopic (exact) mass is 404 g/mol. The number of hydrogen-bond donors (Lipinski definition) is 1. The first-order valence-electron chi connectivity index (χ1n) is 9.08. The Balaban J connectivity index is 1.54. The number of hydrogen-bond acceptors (Lipinski definition) is 5. The number of carbonyl (C=O) groups is 1. The molecule has 29 heavy (non-hydrogen) atoms.